The van der Waals surface area contributed by atoms with Gasteiger partial charge < -0.3 is 14.7 Å². The summed E-state index contributed by atoms with van der Waals surface area (Å²) < 4.78 is 6.21. The fraction of sp³-hybridized carbons (Fsp3) is 0.809. The van der Waals surface area contributed by atoms with Crippen LogP contribution in [0, 0.1) is 56.2 Å². The first-order valence-corrected chi connectivity index (χ1v) is 21.9. The Kier molecular flexibility index (Phi) is 11.6. The molecular formula is C47H74N4O5. The van der Waals surface area contributed by atoms with Gasteiger partial charge in [0.15, 0.2) is 5.78 Å². The minimum atomic E-state index is -1.15. The van der Waals surface area contributed by atoms with Gasteiger partial charge >= 0.3 is 11.9 Å². The van der Waals surface area contributed by atoms with Gasteiger partial charge in [-0.05, 0) is 151 Å². The van der Waals surface area contributed by atoms with Crippen LogP contribution in [0.5, 0.6) is 0 Å². The van der Waals surface area contributed by atoms with E-state index in [0.29, 0.717) is 30.0 Å². The average molecular weight is 775 g/mol. The predicted octanol–water partition coefficient (Wildman–Crippen LogP) is 9.18. The summed E-state index contributed by atoms with van der Waals surface area (Å²) in [5.74, 6) is 0.576. The van der Waals surface area contributed by atoms with Crippen LogP contribution in [-0.4, -0.2) is 82.4 Å². The van der Waals surface area contributed by atoms with Gasteiger partial charge in [0, 0.05) is 42.6 Å². The molecule has 0 aliphatic heterocycles. The molecule has 1 aromatic heterocycles. The Hall–Kier alpha value is -2.65. The van der Waals surface area contributed by atoms with Crippen molar-refractivity contribution < 1.29 is 24.2 Å². The van der Waals surface area contributed by atoms with Crippen LogP contribution in [0.2, 0.25) is 0 Å². The highest BCUT2D eigenvalue weighted by molar-refractivity contribution is 6.00. The highest BCUT2D eigenvalue weighted by Crippen LogP contribution is 2.77. The van der Waals surface area contributed by atoms with Crippen molar-refractivity contribution in [1.82, 2.24) is 19.8 Å². The van der Waals surface area contributed by atoms with Gasteiger partial charge in [0.1, 0.15) is 12.4 Å². The van der Waals surface area contributed by atoms with E-state index < -0.39 is 17.4 Å². The summed E-state index contributed by atoms with van der Waals surface area (Å²) in [5.41, 5.74) is 2.59. The molecule has 9 nitrogen and oxygen atoms in total. The first-order valence-electron chi connectivity index (χ1n) is 21.9. The first kappa shape index (κ1) is 42.9. The Labute approximate surface area is 338 Å². The Bertz CT molecular complexity index is 1690. The second kappa shape index (κ2) is 15.2. The van der Waals surface area contributed by atoms with E-state index in [1.807, 2.05) is 12.3 Å². The molecule has 0 aromatic carbocycles. The van der Waals surface area contributed by atoms with Gasteiger partial charge in [0.05, 0.1) is 17.5 Å². The third-order valence-corrected chi connectivity index (χ3v) is 17.2. The van der Waals surface area contributed by atoms with E-state index >= 15 is 0 Å². The third-order valence-electron chi connectivity index (χ3n) is 17.2. The zero-order chi connectivity index (χ0) is 41.2. The van der Waals surface area contributed by atoms with Crippen molar-refractivity contribution in [2.24, 2.45) is 56.2 Å². The van der Waals surface area contributed by atoms with Crippen molar-refractivity contribution in [3.05, 3.63) is 35.4 Å². The summed E-state index contributed by atoms with van der Waals surface area (Å²) in [6, 6.07) is 2.19. The molecule has 0 bridgehead atoms. The van der Waals surface area contributed by atoms with Crippen LogP contribution in [0.25, 0.3) is 0 Å². The standard InChI is InChI=1S/C47H74N4O5/c1-30(2)39-34(52)27-47(22-24-51(26-25-50(11)12)31(3)33-17-23-48-29-49-33)21-20-45(9)32(40(39)47)13-14-36-44(8)18-16-37(56-38(53)28-42(4,5)41(54)55)43(6,7)35(44)15-19-46(36,45)10/h17,23,29-32,35-37H,13-16,18-22,24-28H2,1-12H3,(H,54,55)/t31-,32-,35?,36?,37+,44+,45-,46-,47-/m1/s1. The highest BCUT2D eigenvalue weighted by Gasteiger charge is 2.70. The minimum absolute atomic E-state index is 0.0855. The lowest BCUT2D eigenvalue weighted by atomic mass is 9.33. The largest absolute Gasteiger partial charge is 0.481 e. The molecule has 4 saturated carbocycles. The number of likely N-dealkylation sites (N-methyl/N-ethyl adjacent to an activating group) is 1. The van der Waals surface area contributed by atoms with E-state index in [0.717, 1.165) is 88.7 Å². The number of ketones is 1. The number of Topliss-reactive ketones (excluding diaryl/α,β-unsaturated/α-hetero) is 1. The number of hydrogen-bond acceptors (Lipinski definition) is 8. The second-order valence-corrected chi connectivity index (χ2v) is 21.6. The normalized spacial score (nSPS) is 35.9. The molecule has 5 aliphatic carbocycles. The first-order chi connectivity index (χ1) is 26.0. The number of allylic oxidation sites excluding steroid dienone is 2. The molecule has 1 heterocycles. The highest BCUT2D eigenvalue weighted by atomic mass is 16.5. The van der Waals surface area contributed by atoms with Crippen LogP contribution < -0.4 is 0 Å². The number of nitrogens with zero attached hydrogens (tertiary/aromatic N) is 4. The van der Waals surface area contributed by atoms with E-state index in [1.165, 1.54) is 0 Å². The van der Waals surface area contributed by atoms with Crippen LogP contribution in [0.4, 0.5) is 0 Å². The van der Waals surface area contributed by atoms with Crippen molar-refractivity contribution in [3.8, 4) is 0 Å². The maximum atomic E-state index is 14.3. The quantitative estimate of drug-likeness (QED) is 0.196. The van der Waals surface area contributed by atoms with E-state index in [1.54, 1.807) is 25.7 Å². The number of esters is 1. The fourth-order valence-electron chi connectivity index (χ4n) is 13.8. The lowest BCUT2D eigenvalue weighted by Crippen LogP contribution is -2.65. The summed E-state index contributed by atoms with van der Waals surface area (Å²) in [4.78, 5) is 52.9. The van der Waals surface area contributed by atoms with Crippen LogP contribution in [0.15, 0.2) is 29.7 Å². The van der Waals surface area contributed by atoms with Gasteiger partial charge in [-0.1, -0.05) is 54.0 Å². The van der Waals surface area contributed by atoms with Crippen LogP contribution in [0.3, 0.4) is 0 Å². The molecular weight excluding hydrogens is 701 g/mol. The Morgan fingerprint density at radius 1 is 0.929 bits per heavy atom. The number of carboxylic acids is 1. The molecule has 5 aliphatic rings. The van der Waals surface area contributed by atoms with E-state index in [2.05, 4.69) is 89.3 Å². The third kappa shape index (κ3) is 7.11. The number of fused-ring (bicyclic) bond motifs is 7. The topological polar surface area (TPSA) is 113 Å². The van der Waals surface area contributed by atoms with E-state index in [4.69, 9.17) is 4.74 Å². The van der Waals surface area contributed by atoms with Gasteiger partial charge in [-0.2, -0.15) is 0 Å². The SMILES string of the molecule is CC(C)C1=C2[C@H]3CCC4[C@@]5(C)CC[C@H](OC(=O)CC(C)(C)C(=O)O)C(C)(C)C5CC[C@@]4(C)[C@]3(C)CC[C@@]2(CCN(CCN(C)C)[C@H](C)c2ccncn2)CC1=O. The molecule has 0 amide bonds. The lowest BCUT2D eigenvalue weighted by molar-refractivity contribution is -0.233. The monoisotopic (exact) mass is 775 g/mol. The molecule has 6 rings (SSSR count). The molecule has 0 radical (unpaired) electrons. The zero-order valence-electron chi connectivity index (χ0n) is 37.0. The van der Waals surface area contributed by atoms with Crippen molar-refractivity contribution in [3.63, 3.8) is 0 Å². The maximum Gasteiger partial charge on any atom is 0.309 e. The molecule has 0 saturated heterocycles. The number of aromatic nitrogens is 2. The average Bonchev–Trinajstić information content (AvgIpc) is 3.41. The summed E-state index contributed by atoms with van der Waals surface area (Å²) in [6.07, 6.45) is 13.4. The number of ether oxygens (including phenoxy) is 1. The molecule has 56 heavy (non-hydrogen) atoms. The van der Waals surface area contributed by atoms with Gasteiger partial charge in [0.25, 0.3) is 0 Å². The van der Waals surface area contributed by atoms with Gasteiger partial charge in [0.2, 0.25) is 0 Å². The zero-order valence-corrected chi connectivity index (χ0v) is 37.0. The number of carboxylic acid groups (broad SMARTS) is 1. The number of carbonyl (C=O) groups is 3. The van der Waals surface area contributed by atoms with Crippen LogP contribution in [0.1, 0.15) is 152 Å². The van der Waals surface area contributed by atoms with Crippen molar-refractivity contribution in [1.29, 1.82) is 0 Å². The molecule has 1 N–H and O–H groups in total. The Balaban J connectivity index is 1.27. The molecule has 2 unspecified atom stereocenters. The van der Waals surface area contributed by atoms with Gasteiger partial charge in [-0.25, -0.2) is 9.97 Å². The Morgan fingerprint density at radius 3 is 2.27 bits per heavy atom. The van der Waals surface area contributed by atoms with Crippen molar-refractivity contribution in [2.75, 3.05) is 33.7 Å². The van der Waals surface area contributed by atoms with Gasteiger partial charge in [-0.15, -0.1) is 0 Å². The minimum Gasteiger partial charge on any atom is -0.481 e. The summed E-state index contributed by atoms with van der Waals surface area (Å²) in [6.45, 7) is 25.2. The number of hydrogen-bond donors (Lipinski definition) is 1. The molecule has 9 atom stereocenters. The smallest absolute Gasteiger partial charge is 0.309 e. The maximum absolute atomic E-state index is 14.3. The molecule has 9 heteroatoms. The lowest BCUT2D eigenvalue weighted by Gasteiger charge is -2.72. The molecule has 0 spiro atoms. The fourth-order valence-corrected chi connectivity index (χ4v) is 13.8. The summed E-state index contributed by atoms with van der Waals surface area (Å²) in [5, 5.41) is 9.65. The number of rotatable bonds is 13. The summed E-state index contributed by atoms with van der Waals surface area (Å²) >= 11 is 0. The number of aliphatic carboxylic acids is 1. The van der Waals surface area contributed by atoms with Crippen LogP contribution >= 0.6 is 0 Å². The molecule has 312 valence electrons. The predicted molar refractivity (Wildman–Crippen MR) is 221 cm³/mol. The Morgan fingerprint density at radius 2 is 1.64 bits per heavy atom. The van der Waals surface area contributed by atoms with E-state index in [9.17, 15) is 19.5 Å². The molecule has 4 fully saturated rings. The second-order valence-electron chi connectivity index (χ2n) is 21.6. The number of carbonyl (C=O) groups excluding carboxylic acids is 2. The van der Waals surface area contributed by atoms with Crippen LogP contribution in [-0.2, 0) is 19.1 Å². The molecule has 1 aromatic rings. The van der Waals surface area contributed by atoms with E-state index in [-0.39, 0.29) is 51.6 Å². The van der Waals surface area contributed by atoms with Crippen molar-refractivity contribution >= 4 is 17.7 Å². The van der Waals surface area contributed by atoms with Gasteiger partial charge in [-0.3, -0.25) is 19.3 Å². The summed E-state index contributed by atoms with van der Waals surface area (Å²) in [7, 11) is 4.27. The van der Waals surface area contributed by atoms with Crippen molar-refractivity contribution in [2.45, 2.75) is 152 Å².